The van der Waals surface area contributed by atoms with Gasteiger partial charge in [0.1, 0.15) is 5.82 Å². The fraction of sp³-hybridized carbons (Fsp3) is 0.214. The third-order valence-corrected chi connectivity index (χ3v) is 3.04. The molecule has 22 heavy (non-hydrogen) atoms. The van der Waals surface area contributed by atoms with Gasteiger partial charge in [0.05, 0.1) is 11.1 Å². The summed E-state index contributed by atoms with van der Waals surface area (Å²) in [6.45, 7) is 1.56. The molecule has 1 aromatic heterocycles. The number of alkyl halides is 6. The smallest absolute Gasteiger partial charge is 0.383 e. The van der Waals surface area contributed by atoms with Crippen molar-refractivity contribution < 1.29 is 26.3 Å². The molecule has 0 aliphatic heterocycles. The first-order chi connectivity index (χ1) is 9.98. The Morgan fingerprint density at radius 2 is 1.32 bits per heavy atom. The molecule has 2 nitrogen and oxygen atoms in total. The molecule has 8 heteroatoms. The third kappa shape index (κ3) is 3.32. The summed E-state index contributed by atoms with van der Waals surface area (Å²) in [6.07, 6.45) is -8.63. The summed E-state index contributed by atoms with van der Waals surface area (Å²) in [5.74, 6) is 0.159. The average Bonchev–Trinajstić information content (AvgIpc) is 2.39. The average molecular weight is 320 g/mol. The van der Waals surface area contributed by atoms with E-state index in [2.05, 4.69) is 4.98 Å². The van der Waals surface area contributed by atoms with E-state index in [0.717, 1.165) is 6.20 Å². The molecule has 0 unspecified atom stereocenters. The third-order valence-electron chi connectivity index (χ3n) is 3.04. The lowest BCUT2D eigenvalue weighted by molar-refractivity contribution is -0.143. The summed E-state index contributed by atoms with van der Waals surface area (Å²) < 4.78 is 76.8. The lowest BCUT2D eigenvalue weighted by atomic mass is 9.99. The Kier molecular flexibility index (Phi) is 3.80. The molecule has 2 rings (SSSR count). The summed E-state index contributed by atoms with van der Waals surface area (Å²) >= 11 is 0. The minimum absolute atomic E-state index is 0.0844. The molecule has 2 aromatic rings. The van der Waals surface area contributed by atoms with Crippen LogP contribution in [-0.4, -0.2) is 4.98 Å². The summed E-state index contributed by atoms with van der Waals surface area (Å²) in [5, 5.41) is 0. The number of halogens is 6. The monoisotopic (exact) mass is 320 g/mol. The first-order valence-electron chi connectivity index (χ1n) is 6.00. The Balaban J connectivity index is 2.67. The highest BCUT2D eigenvalue weighted by Gasteiger charge is 2.37. The van der Waals surface area contributed by atoms with Crippen molar-refractivity contribution in [1.29, 1.82) is 0 Å². The zero-order valence-corrected chi connectivity index (χ0v) is 11.2. The van der Waals surface area contributed by atoms with Crippen LogP contribution in [0.15, 0.2) is 30.5 Å². The van der Waals surface area contributed by atoms with E-state index in [4.69, 9.17) is 5.73 Å². The van der Waals surface area contributed by atoms with Crippen LogP contribution in [0.3, 0.4) is 0 Å². The summed E-state index contributed by atoms with van der Waals surface area (Å²) in [4.78, 5) is 3.75. The molecule has 2 N–H and O–H groups in total. The summed E-state index contributed by atoms with van der Waals surface area (Å²) in [7, 11) is 0. The molecule has 0 atom stereocenters. The topological polar surface area (TPSA) is 38.9 Å². The molecular formula is C14H10F6N2. The molecule has 0 amide bonds. The van der Waals surface area contributed by atoms with Gasteiger partial charge in [-0.3, -0.25) is 0 Å². The SMILES string of the molecule is Cc1cc(-c2cc(C(F)(F)F)cc(C(F)(F)F)c2)cnc1N. The maximum atomic E-state index is 12.8. The molecule has 0 spiro atoms. The highest BCUT2D eigenvalue weighted by Crippen LogP contribution is 2.38. The van der Waals surface area contributed by atoms with Gasteiger partial charge in [-0.25, -0.2) is 4.98 Å². The van der Waals surface area contributed by atoms with Gasteiger partial charge in [0.2, 0.25) is 0 Å². The predicted molar refractivity (Wildman–Crippen MR) is 68.8 cm³/mol. The number of hydrogen-bond donors (Lipinski definition) is 1. The van der Waals surface area contributed by atoms with Crippen molar-refractivity contribution >= 4 is 5.82 Å². The van der Waals surface area contributed by atoms with Crippen molar-refractivity contribution in [3.8, 4) is 11.1 Å². The predicted octanol–water partition coefficient (Wildman–Crippen LogP) is 4.68. The number of nitrogen functional groups attached to an aromatic ring is 1. The molecule has 0 saturated carbocycles. The highest BCUT2D eigenvalue weighted by molar-refractivity contribution is 5.67. The van der Waals surface area contributed by atoms with Gasteiger partial charge in [-0.05, 0) is 42.3 Å². The molecule has 1 aromatic carbocycles. The largest absolute Gasteiger partial charge is 0.416 e. The molecular weight excluding hydrogens is 310 g/mol. The van der Waals surface area contributed by atoms with Gasteiger partial charge >= 0.3 is 12.4 Å². The van der Waals surface area contributed by atoms with Crippen molar-refractivity contribution in [3.05, 3.63) is 47.2 Å². The van der Waals surface area contributed by atoms with Gasteiger partial charge in [0.25, 0.3) is 0 Å². The van der Waals surface area contributed by atoms with Crippen LogP contribution in [-0.2, 0) is 12.4 Å². The molecule has 0 radical (unpaired) electrons. The fourth-order valence-corrected chi connectivity index (χ4v) is 1.86. The molecule has 0 bridgehead atoms. The lowest BCUT2D eigenvalue weighted by Gasteiger charge is -2.14. The van der Waals surface area contributed by atoms with E-state index in [1.165, 1.54) is 6.07 Å². The first kappa shape index (κ1) is 16.1. The zero-order valence-electron chi connectivity index (χ0n) is 11.2. The van der Waals surface area contributed by atoms with E-state index in [1.54, 1.807) is 6.92 Å². The number of rotatable bonds is 1. The van der Waals surface area contributed by atoms with Gasteiger partial charge in [-0.15, -0.1) is 0 Å². The van der Waals surface area contributed by atoms with Crippen LogP contribution >= 0.6 is 0 Å². The van der Waals surface area contributed by atoms with Crippen LogP contribution in [0.1, 0.15) is 16.7 Å². The minimum atomic E-state index is -4.88. The van der Waals surface area contributed by atoms with E-state index in [1.807, 2.05) is 0 Å². The van der Waals surface area contributed by atoms with Crippen LogP contribution in [0.25, 0.3) is 11.1 Å². The van der Waals surface area contributed by atoms with Crippen LogP contribution in [0.4, 0.5) is 32.2 Å². The Bertz CT molecular complexity index is 671. The second-order valence-corrected chi connectivity index (χ2v) is 4.72. The summed E-state index contributed by atoms with van der Waals surface area (Å²) in [6, 6.07) is 2.78. The molecule has 0 aliphatic carbocycles. The minimum Gasteiger partial charge on any atom is -0.383 e. The van der Waals surface area contributed by atoms with Gasteiger partial charge in [0.15, 0.2) is 0 Å². The molecule has 0 saturated heterocycles. The van der Waals surface area contributed by atoms with Crippen molar-refractivity contribution in [2.75, 3.05) is 5.73 Å². The number of aromatic nitrogens is 1. The quantitative estimate of drug-likeness (QED) is 0.775. The number of nitrogens with zero attached hydrogens (tertiary/aromatic N) is 1. The van der Waals surface area contributed by atoms with E-state index in [-0.39, 0.29) is 23.0 Å². The zero-order chi connectivity index (χ0) is 16.7. The number of nitrogens with two attached hydrogens (primary N) is 1. The van der Waals surface area contributed by atoms with Gasteiger partial charge < -0.3 is 5.73 Å². The Hall–Kier alpha value is -2.25. The number of aryl methyl sites for hydroxylation is 1. The molecule has 118 valence electrons. The molecule has 0 aliphatic rings. The lowest BCUT2D eigenvalue weighted by Crippen LogP contribution is -2.11. The first-order valence-corrected chi connectivity index (χ1v) is 6.00. The van der Waals surface area contributed by atoms with E-state index >= 15 is 0 Å². The number of benzene rings is 1. The van der Waals surface area contributed by atoms with Crippen molar-refractivity contribution in [1.82, 2.24) is 4.98 Å². The molecule has 1 heterocycles. The van der Waals surface area contributed by atoms with Gasteiger partial charge in [-0.1, -0.05) is 0 Å². The van der Waals surface area contributed by atoms with Crippen LogP contribution < -0.4 is 5.73 Å². The van der Waals surface area contributed by atoms with Gasteiger partial charge in [-0.2, -0.15) is 26.3 Å². The van der Waals surface area contributed by atoms with Crippen molar-refractivity contribution in [2.24, 2.45) is 0 Å². The van der Waals surface area contributed by atoms with Crippen molar-refractivity contribution in [3.63, 3.8) is 0 Å². The van der Waals surface area contributed by atoms with Crippen LogP contribution in [0.5, 0.6) is 0 Å². The molecule has 0 fully saturated rings. The van der Waals surface area contributed by atoms with Crippen LogP contribution in [0, 0.1) is 6.92 Å². The second-order valence-electron chi connectivity index (χ2n) is 4.72. The summed E-state index contributed by atoms with van der Waals surface area (Å²) in [5.41, 5.74) is 3.12. The van der Waals surface area contributed by atoms with Gasteiger partial charge in [0, 0.05) is 11.8 Å². The Morgan fingerprint density at radius 3 is 1.73 bits per heavy atom. The fourth-order valence-electron chi connectivity index (χ4n) is 1.86. The van der Waals surface area contributed by atoms with Crippen molar-refractivity contribution in [2.45, 2.75) is 19.3 Å². The normalized spacial score (nSPS) is 12.5. The Morgan fingerprint density at radius 1 is 0.818 bits per heavy atom. The number of hydrogen-bond acceptors (Lipinski definition) is 2. The maximum Gasteiger partial charge on any atom is 0.416 e. The standard InChI is InChI=1S/C14H10F6N2/c1-7-2-9(6-22-12(7)21)8-3-10(13(15,16)17)5-11(4-8)14(18,19)20/h2-6H,1H3,(H2,21,22). The highest BCUT2D eigenvalue weighted by atomic mass is 19.4. The maximum absolute atomic E-state index is 12.8. The van der Waals surface area contributed by atoms with E-state index in [0.29, 0.717) is 17.7 Å². The van der Waals surface area contributed by atoms with Crippen LogP contribution in [0.2, 0.25) is 0 Å². The van der Waals surface area contributed by atoms with E-state index < -0.39 is 23.5 Å². The second kappa shape index (κ2) is 5.19. The number of anilines is 1. The number of pyridine rings is 1. The van der Waals surface area contributed by atoms with E-state index in [9.17, 15) is 26.3 Å². The Labute approximate surface area is 121 Å².